The topological polar surface area (TPSA) is 38.3 Å². The van der Waals surface area contributed by atoms with Crippen LogP contribution in [0.1, 0.15) is 5.56 Å². The van der Waals surface area contributed by atoms with Crippen LogP contribution in [0.15, 0.2) is 30.3 Å². The first kappa shape index (κ1) is 9.30. The van der Waals surface area contributed by atoms with Crippen molar-refractivity contribution >= 4 is 5.91 Å². The Labute approximate surface area is 76.7 Å². The van der Waals surface area contributed by atoms with Gasteiger partial charge in [-0.1, -0.05) is 30.3 Å². The van der Waals surface area contributed by atoms with E-state index in [1.54, 1.807) is 0 Å². The molecule has 13 heavy (non-hydrogen) atoms. The van der Waals surface area contributed by atoms with Crippen LogP contribution in [0.4, 0.5) is 0 Å². The Balaban J connectivity index is 2.29. The van der Waals surface area contributed by atoms with Crippen molar-refractivity contribution in [3.8, 4) is 12.3 Å². The molecule has 0 spiro atoms. The minimum Gasteiger partial charge on any atom is -0.268 e. The van der Waals surface area contributed by atoms with Crippen LogP contribution in [-0.4, -0.2) is 5.91 Å². The lowest BCUT2D eigenvalue weighted by Crippen LogP contribution is -2.21. The van der Waals surface area contributed by atoms with Crippen molar-refractivity contribution in [1.29, 1.82) is 0 Å². The summed E-state index contributed by atoms with van der Waals surface area (Å²) in [6, 6.07) is 9.47. The molecule has 3 nitrogen and oxygen atoms in total. The lowest BCUT2D eigenvalue weighted by molar-refractivity contribution is -0.128. The summed E-state index contributed by atoms with van der Waals surface area (Å²) < 4.78 is 0. The van der Waals surface area contributed by atoms with Crippen molar-refractivity contribution in [2.75, 3.05) is 0 Å². The fraction of sp³-hybridized carbons (Fsp3) is 0.100. The standard InChI is InChI=1S/C10H9NO2/c1-2-10(12)11-13-8-9-6-4-3-5-7-9/h1,3-7H,8H2,(H,11,12). The molecule has 0 aliphatic rings. The highest BCUT2D eigenvalue weighted by molar-refractivity contribution is 5.91. The quantitative estimate of drug-likeness (QED) is 0.546. The predicted molar refractivity (Wildman–Crippen MR) is 48.2 cm³/mol. The number of hydrogen-bond donors (Lipinski definition) is 1. The number of amides is 1. The highest BCUT2D eigenvalue weighted by atomic mass is 16.6. The smallest absolute Gasteiger partial charge is 0.268 e. The van der Waals surface area contributed by atoms with Gasteiger partial charge in [-0.25, -0.2) is 5.48 Å². The molecule has 1 aromatic rings. The average Bonchev–Trinajstić information content (AvgIpc) is 2.19. The second kappa shape index (κ2) is 4.96. The monoisotopic (exact) mass is 175 g/mol. The summed E-state index contributed by atoms with van der Waals surface area (Å²) in [4.78, 5) is 15.4. The zero-order valence-electron chi connectivity index (χ0n) is 6.99. The van der Waals surface area contributed by atoms with Gasteiger partial charge in [-0.15, -0.1) is 6.42 Å². The number of hydrogen-bond acceptors (Lipinski definition) is 2. The lowest BCUT2D eigenvalue weighted by Gasteiger charge is -2.01. The van der Waals surface area contributed by atoms with Crippen LogP contribution in [0.3, 0.4) is 0 Å². The zero-order chi connectivity index (χ0) is 9.52. The SMILES string of the molecule is C#CC(=O)NOCc1ccccc1. The molecule has 0 radical (unpaired) electrons. The number of rotatable bonds is 3. The minimum absolute atomic E-state index is 0.314. The van der Waals surface area contributed by atoms with Crippen LogP contribution in [0.5, 0.6) is 0 Å². The van der Waals surface area contributed by atoms with E-state index in [4.69, 9.17) is 11.3 Å². The molecule has 0 saturated carbocycles. The van der Waals surface area contributed by atoms with Gasteiger partial charge in [0.2, 0.25) is 0 Å². The minimum atomic E-state index is -0.573. The van der Waals surface area contributed by atoms with Crippen LogP contribution in [0.2, 0.25) is 0 Å². The van der Waals surface area contributed by atoms with Crippen LogP contribution in [0.25, 0.3) is 0 Å². The fourth-order valence-electron chi connectivity index (χ4n) is 0.789. The number of carbonyl (C=O) groups excluding carboxylic acids is 1. The van der Waals surface area contributed by atoms with E-state index in [0.29, 0.717) is 6.61 Å². The lowest BCUT2D eigenvalue weighted by atomic mass is 10.2. The summed E-state index contributed by atoms with van der Waals surface area (Å²) in [7, 11) is 0. The number of benzene rings is 1. The maximum atomic E-state index is 10.5. The van der Waals surface area contributed by atoms with E-state index in [-0.39, 0.29) is 0 Å². The molecular formula is C10H9NO2. The molecule has 0 aliphatic heterocycles. The highest BCUT2D eigenvalue weighted by Gasteiger charge is 1.94. The van der Waals surface area contributed by atoms with Crippen molar-refractivity contribution in [2.45, 2.75) is 6.61 Å². The first-order valence-electron chi connectivity index (χ1n) is 3.75. The Morgan fingerprint density at radius 1 is 1.46 bits per heavy atom. The van der Waals surface area contributed by atoms with Crippen LogP contribution in [0, 0.1) is 12.3 Å². The molecule has 1 N–H and O–H groups in total. The second-order valence-electron chi connectivity index (χ2n) is 2.35. The maximum absolute atomic E-state index is 10.5. The number of nitrogens with one attached hydrogen (secondary N) is 1. The van der Waals surface area contributed by atoms with Gasteiger partial charge in [-0.3, -0.25) is 9.63 Å². The van der Waals surface area contributed by atoms with Crippen molar-refractivity contribution in [3.63, 3.8) is 0 Å². The zero-order valence-corrected chi connectivity index (χ0v) is 6.99. The molecular weight excluding hydrogens is 166 g/mol. The molecule has 1 aromatic carbocycles. The van der Waals surface area contributed by atoms with Gasteiger partial charge in [0.25, 0.3) is 0 Å². The Kier molecular flexibility index (Phi) is 3.55. The van der Waals surface area contributed by atoms with Crippen LogP contribution >= 0.6 is 0 Å². The summed E-state index contributed by atoms with van der Waals surface area (Å²) in [5.41, 5.74) is 3.08. The van der Waals surface area contributed by atoms with Crippen LogP contribution in [-0.2, 0) is 16.2 Å². The summed E-state index contributed by atoms with van der Waals surface area (Å²) in [5, 5.41) is 0. The van der Waals surface area contributed by atoms with Gasteiger partial charge < -0.3 is 0 Å². The average molecular weight is 175 g/mol. The van der Waals surface area contributed by atoms with Gasteiger partial charge in [0.15, 0.2) is 0 Å². The first-order valence-corrected chi connectivity index (χ1v) is 3.75. The van der Waals surface area contributed by atoms with Crippen molar-refractivity contribution in [3.05, 3.63) is 35.9 Å². The van der Waals surface area contributed by atoms with E-state index in [1.807, 2.05) is 36.3 Å². The second-order valence-corrected chi connectivity index (χ2v) is 2.35. The van der Waals surface area contributed by atoms with Gasteiger partial charge in [0.1, 0.15) is 0 Å². The third-order valence-electron chi connectivity index (χ3n) is 1.38. The van der Waals surface area contributed by atoms with E-state index in [1.165, 1.54) is 0 Å². The molecule has 0 aromatic heterocycles. The largest absolute Gasteiger partial charge is 0.319 e. The molecule has 1 rings (SSSR count). The van der Waals surface area contributed by atoms with Crippen molar-refractivity contribution < 1.29 is 9.63 Å². The van der Waals surface area contributed by atoms with Gasteiger partial charge in [0, 0.05) is 0 Å². The third-order valence-corrected chi connectivity index (χ3v) is 1.38. The Hall–Kier alpha value is -1.79. The number of terminal acetylenes is 1. The maximum Gasteiger partial charge on any atom is 0.319 e. The van der Waals surface area contributed by atoms with E-state index in [0.717, 1.165) is 5.56 Å². The van der Waals surface area contributed by atoms with Crippen molar-refractivity contribution in [2.24, 2.45) is 0 Å². The Morgan fingerprint density at radius 2 is 2.15 bits per heavy atom. The Morgan fingerprint density at radius 3 is 2.77 bits per heavy atom. The summed E-state index contributed by atoms with van der Waals surface area (Å²) in [5.74, 6) is 1.30. The number of hydroxylamine groups is 1. The molecule has 66 valence electrons. The first-order chi connectivity index (χ1) is 6.33. The van der Waals surface area contributed by atoms with Gasteiger partial charge in [-0.2, -0.15) is 0 Å². The van der Waals surface area contributed by atoms with Gasteiger partial charge in [-0.05, 0) is 11.5 Å². The summed E-state index contributed by atoms with van der Waals surface area (Å²) in [6.07, 6.45) is 4.81. The van der Waals surface area contributed by atoms with E-state index >= 15 is 0 Å². The van der Waals surface area contributed by atoms with Gasteiger partial charge >= 0.3 is 5.91 Å². The van der Waals surface area contributed by atoms with E-state index < -0.39 is 5.91 Å². The molecule has 0 bridgehead atoms. The molecule has 0 saturated heterocycles. The van der Waals surface area contributed by atoms with Gasteiger partial charge in [0.05, 0.1) is 6.61 Å². The molecule has 0 unspecified atom stereocenters. The van der Waals surface area contributed by atoms with Crippen LogP contribution < -0.4 is 5.48 Å². The predicted octanol–water partition coefficient (Wildman–Crippen LogP) is 0.868. The summed E-state index contributed by atoms with van der Waals surface area (Å²) >= 11 is 0. The van der Waals surface area contributed by atoms with E-state index in [9.17, 15) is 4.79 Å². The van der Waals surface area contributed by atoms with Crippen molar-refractivity contribution in [1.82, 2.24) is 5.48 Å². The molecule has 1 amide bonds. The normalized spacial score (nSPS) is 8.85. The molecule has 0 fully saturated rings. The highest BCUT2D eigenvalue weighted by Crippen LogP contribution is 1.98. The van der Waals surface area contributed by atoms with E-state index in [2.05, 4.69) is 5.48 Å². The molecule has 0 heterocycles. The fourth-order valence-corrected chi connectivity index (χ4v) is 0.789. The summed E-state index contributed by atoms with van der Waals surface area (Å²) in [6.45, 7) is 0.314. The molecule has 3 heteroatoms. The Bertz CT molecular complexity index is 313. The molecule has 0 atom stereocenters. The molecule has 0 aliphatic carbocycles. The third kappa shape index (κ3) is 3.41. The number of carbonyl (C=O) groups is 1.